The van der Waals surface area contributed by atoms with Crippen molar-refractivity contribution in [2.24, 2.45) is 0 Å². The van der Waals surface area contributed by atoms with Gasteiger partial charge in [-0.15, -0.1) is 11.3 Å². The van der Waals surface area contributed by atoms with E-state index in [1.807, 2.05) is 19.2 Å². The molecule has 1 atom stereocenters. The van der Waals surface area contributed by atoms with Gasteiger partial charge in [-0.1, -0.05) is 6.92 Å². The molecule has 2 heterocycles. The Morgan fingerprint density at radius 1 is 1.56 bits per heavy atom. The maximum Gasteiger partial charge on any atom is 0.243 e. The molecule has 1 aromatic heterocycles. The number of hydrogen-bond acceptors (Lipinski definition) is 4. The zero-order chi connectivity index (χ0) is 13.1. The molecule has 98 valence electrons. The summed E-state index contributed by atoms with van der Waals surface area (Å²) >= 11 is 1.60. The summed E-state index contributed by atoms with van der Waals surface area (Å²) in [6.07, 6.45) is 1.36. The summed E-state index contributed by atoms with van der Waals surface area (Å²) in [7, 11) is 0. The van der Waals surface area contributed by atoms with E-state index in [0.717, 1.165) is 10.7 Å². The SMILES string of the molecule is CCC1C(=O)NCC(=O)N1CCc1nc(C)cs1. The van der Waals surface area contributed by atoms with Gasteiger partial charge < -0.3 is 10.2 Å². The van der Waals surface area contributed by atoms with Gasteiger partial charge >= 0.3 is 0 Å². The third-order valence-corrected chi connectivity index (χ3v) is 4.06. The first kappa shape index (κ1) is 13.0. The average Bonchev–Trinajstić information content (AvgIpc) is 2.76. The summed E-state index contributed by atoms with van der Waals surface area (Å²) in [6.45, 7) is 4.56. The number of hydrogen-bond donors (Lipinski definition) is 1. The van der Waals surface area contributed by atoms with E-state index in [2.05, 4.69) is 10.3 Å². The van der Waals surface area contributed by atoms with Crippen molar-refractivity contribution in [3.63, 3.8) is 0 Å². The molecule has 0 aliphatic carbocycles. The topological polar surface area (TPSA) is 62.3 Å². The second-order valence-corrected chi connectivity index (χ2v) is 5.30. The molecule has 0 radical (unpaired) electrons. The molecule has 1 unspecified atom stereocenters. The van der Waals surface area contributed by atoms with Crippen LogP contribution >= 0.6 is 11.3 Å². The van der Waals surface area contributed by atoms with Crippen molar-refractivity contribution in [2.45, 2.75) is 32.7 Å². The van der Waals surface area contributed by atoms with E-state index in [1.165, 1.54) is 0 Å². The third-order valence-electron chi connectivity index (χ3n) is 3.03. The fourth-order valence-corrected chi connectivity index (χ4v) is 2.88. The number of nitrogens with one attached hydrogen (secondary N) is 1. The van der Waals surface area contributed by atoms with Crippen molar-refractivity contribution < 1.29 is 9.59 Å². The first-order valence-corrected chi connectivity index (χ1v) is 6.98. The standard InChI is InChI=1S/C12H17N3O2S/c1-3-9-12(17)13-6-11(16)15(9)5-4-10-14-8(2)7-18-10/h7,9H,3-6H2,1-2H3,(H,13,17). The van der Waals surface area contributed by atoms with Crippen molar-refractivity contribution >= 4 is 23.2 Å². The molecule has 0 saturated carbocycles. The molecular formula is C12H17N3O2S. The highest BCUT2D eigenvalue weighted by molar-refractivity contribution is 7.09. The molecule has 1 aromatic rings. The lowest BCUT2D eigenvalue weighted by Crippen LogP contribution is -2.58. The Morgan fingerprint density at radius 2 is 2.33 bits per heavy atom. The van der Waals surface area contributed by atoms with Crippen LogP contribution in [-0.4, -0.2) is 40.8 Å². The van der Waals surface area contributed by atoms with Gasteiger partial charge in [-0.2, -0.15) is 0 Å². The number of carbonyl (C=O) groups excluding carboxylic acids is 2. The molecule has 1 saturated heterocycles. The molecule has 1 aliphatic heterocycles. The summed E-state index contributed by atoms with van der Waals surface area (Å²) in [4.78, 5) is 29.6. The van der Waals surface area contributed by atoms with E-state index in [9.17, 15) is 9.59 Å². The van der Waals surface area contributed by atoms with Crippen LogP contribution in [-0.2, 0) is 16.0 Å². The largest absolute Gasteiger partial charge is 0.345 e. The summed E-state index contributed by atoms with van der Waals surface area (Å²) < 4.78 is 0. The number of carbonyl (C=O) groups is 2. The predicted molar refractivity (Wildman–Crippen MR) is 69.4 cm³/mol. The minimum atomic E-state index is -0.327. The van der Waals surface area contributed by atoms with Crippen LogP contribution in [0.5, 0.6) is 0 Å². The van der Waals surface area contributed by atoms with Gasteiger partial charge in [0.25, 0.3) is 0 Å². The van der Waals surface area contributed by atoms with Crippen molar-refractivity contribution in [1.82, 2.24) is 15.2 Å². The van der Waals surface area contributed by atoms with Crippen molar-refractivity contribution in [2.75, 3.05) is 13.1 Å². The number of rotatable bonds is 4. The molecule has 1 N–H and O–H groups in total. The van der Waals surface area contributed by atoms with Gasteiger partial charge in [-0.05, 0) is 13.3 Å². The molecule has 5 nitrogen and oxygen atoms in total. The van der Waals surface area contributed by atoms with Crippen LogP contribution in [0.15, 0.2) is 5.38 Å². The summed E-state index contributed by atoms with van der Waals surface area (Å²) in [5, 5.41) is 5.63. The molecule has 6 heteroatoms. The third kappa shape index (κ3) is 2.69. The Hall–Kier alpha value is -1.43. The number of thiazole rings is 1. The van der Waals surface area contributed by atoms with Crippen LogP contribution in [0.25, 0.3) is 0 Å². The lowest BCUT2D eigenvalue weighted by atomic mass is 10.1. The lowest BCUT2D eigenvalue weighted by molar-refractivity contribution is -0.145. The maximum absolute atomic E-state index is 11.8. The predicted octanol–water partition coefficient (Wildman–Crippen LogP) is 0.731. The van der Waals surface area contributed by atoms with Crippen LogP contribution in [0.1, 0.15) is 24.0 Å². The fraction of sp³-hybridized carbons (Fsp3) is 0.583. The molecule has 0 bridgehead atoms. The molecule has 2 amide bonds. The van der Waals surface area contributed by atoms with E-state index in [-0.39, 0.29) is 24.4 Å². The summed E-state index contributed by atoms with van der Waals surface area (Å²) in [6, 6.07) is -0.327. The van der Waals surface area contributed by atoms with Crippen molar-refractivity contribution in [1.29, 1.82) is 0 Å². The van der Waals surface area contributed by atoms with E-state index in [0.29, 0.717) is 19.4 Å². The Kier molecular flexibility index (Phi) is 3.96. The van der Waals surface area contributed by atoms with E-state index < -0.39 is 0 Å². The lowest BCUT2D eigenvalue weighted by Gasteiger charge is -2.34. The highest BCUT2D eigenvalue weighted by Gasteiger charge is 2.32. The Morgan fingerprint density at radius 3 is 2.94 bits per heavy atom. The molecule has 18 heavy (non-hydrogen) atoms. The van der Waals surface area contributed by atoms with Crippen molar-refractivity contribution in [3.8, 4) is 0 Å². The van der Waals surface area contributed by atoms with Gasteiger partial charge in [0.15, 0.2) is 0 Å². The van der Waals surface area contributed by atoms with Crippen LogP contribution in [0.4, 0.5) is 0 Å². The quantitative estimate of drug-likeness (QED) is 0.875. The normalized spacial score (nSPS) is 20.1. The van der Waals surface area contributed by atoms with Crippen molar-refractivity contribution in [3.05, 3.63) is 16.1 Å². The zero-order valence-corrected chi connectivity index (χ0v) is 11.4. The molecule has 1 fully saturated rings. The zero-order valence-electron chi connectivity index (χ0n) is 10.6. The van der Waals surface area contributed by atoms with E-state index >= 15 is 0 Å². The second-order valence-electron chi connectivity index (χ2n) is 4.36. The fourth-order valence-electron chi connectivity index (χ4n) is 2.12. The van der Waals surface area contributed by atoms with Gasteiger partial charge in [0.05, 0.1) is 11.6 Å². The van der Waals surface area contributed by atoms with Crippen LogP contribution in [0, 0.1) is 6.92 Å². The minimum Gasteiger partial charge on any atom is -0.345 e. The minimum absolute atomic E-state index is 0.00488. The monoisotopic (exact) mass is 267 g/mol. The van der Waals surface area contributed by atoms with Gasteiger partial charge in [-0.3, -0.25) is 9.59 Å². The molecule has 1 aliphatic rings. The highest BCUT2D eigenvalue weighted by atomic mass is 32.1. The molecule has 2 rings (SSSR count). The highest BCUT2D eigenvalue weighted by Crippen LogP contribution is 2.14. The van der Waals surface area contributed by atoms with Gasteiger partial charge in [0.2, 0.25) is 11.8 Å². The number of piperazine rings is 1. The maximum atomic E-state index is 11.8. The average molecular weight is 267 g/mol. The molecule has 0 aromatic carbocycles. The van der Waals surface area contributed by atoms with E-state index in [1.54, 1.807) is 16.2 Å². The Labute approximate surface area is 110 Å². The van der Waals surface area contributed by atoms with Crippen LogP contribution < -0.4 is 5.32 Å². The number of nitrogens with zero attached hydrogens (tertiary/aromatic N) is 2. The number of aryl methyl sites for hydroxylation is 1. The summed E-state index contributed by atoms with van der Waals surface area (Å²) in [5.41, 5.74) is 1.00. The molecular weight excluding hydrogens is 250 g/mol. The molecule has 0 spiro atoms. The first-order chi connectivity index (χ1) is 8.61. The van der Waals surface area contributed by atoms with Crippen LogP contribution in [0.3, 0.4) is 0 Å². The van der Waals surface area contributed by atoms with Gasteiger partial charge in [0, 0.05) is 24.0 Å². The van der Waals surface area contributed by atoms with Gasteiger partial charge in [-0.25, -0.2) is 4.98 Å². The second kappa shape index (κ2) is 5.48. The number of aromatic nitrogens is 1. The first-order valence-electron chi connectivity index (χ1n) is 6.10. The van der Waals surface area contributed by atoms with Gasteiger partial charge in [0.1, 0.15) is 6.04 Å². The van der Waals surface area contributed by atoms with Crippen LogP contribution in [0.2, 0.25) is 0 Å². The summed E-state index contributed by atoms with van der Waals surface area (Å²) in [5.74, 6) is -0.0536. The number of amides is 2. The Bertz CT molecular complexity index is 458. The smallest absolute Gasteiger partial charge is 0.243 e. The van der Waals surface area contributed by atoms with E-state index in [4.69, 9.17) is 0 Å². The Balaban J connectivity index is 2.01.